The molecule has 0 aliphatic heterocycles. The van der Waals surface area contributed by atoms with Gasteiger partial charge >= 0.3 is 5.97 Å². The Hall–Kier alpha value is -3.02. The second kappa shape index (κ2) is 11.0. The number of ether oxygens (including phenoxy) is 3. The number of nitrogens with zero attached hydrogens (tertiary/aromatic N) is 2. The average Bonchev–Trinajstić information content (AvgIpc) is 3.18. The number of aryl methyl sites for hydroxylation is 1. The molecule has 0 atom stereocenters. The third-order valence-electron chi connectivity index (χ3n) is 5.60. The maximum atomic E-state index is 12.8. The van der Waals surface area contributed by atoms with Crippen LogP contribution in [-0.4, -0.2) is 35.8 Å². The first-order valence-electron chi connectivity index (χ1n) is 11.5. The van der Waals surface area contributed by atoms with Gasteiger partial charge in [0.2, 0.25) is 5.88 Å². The normalized spacial score (nSPS) is 11.0. The van der Waals surface area contributed by atoms with E-state index in [1.165, 1.54) is 7.11 Å². The van der Waals surface area contributed by atoms with Gasteiger partial charge in [0.05, 0.1) is 26.0 Å². The van der Waals surface area contributed by atoms with Gasteiger partial charge < -0.3 is 18.8 Å². The zero-order valence-electron chi connectivity index (χ0n) is 19.9. The molecule has 2 heterocycles. The lowest BCUT2D eigenvalue weighted by atomic mass is 9.99. The van der Waals surface area contributed by atoms with Crippen LogP contribution in [0.2, 0.25) is 0 Å². The number of fused-ring (bicyclic) bond motifs is 1. The van der Waals surface area contributed by atoms with Crippen LogP contribution in [0.1, 0.15) is 62.4 Å². The van der Waals surface area contributed by atoms with E-state index in [1.54, 1.807) is 0 Å². The van der Waals surface area contributed by atoms with Gasteiger partial charge in [-0.3, -0.25) is 0 Å². The smallest absolute Gasteiger partial charge is 0.347 e. The predicted octanol–water partition coefficient (Wildman–Crippen LogP) is 5.95. The molecule has 0 aliphatic rings. The number of aromatic nitrogens is 2. The molecule has 0 aliphatic carbocycles. The van der Waals surface area contributed by atoms with Crippen LogP contribution in [-0.2, 0) is 18.2 Å². The fourth-order valence-corrected chi connectivity index (χ4v) is 3.75. The Morgan fingerprint density at radius 2 is 1.75 bits per heavy atom. The molecule has 1 aromatic carbocycles. The van der Waals surface area contributed by atoms with E-state index in [9.17, 15) is 4.79 Å². The molecule has 0 fully saturated rings. The minimum absolute atomic E-state index is 0.275. The molecule has 172 valence electrons. The first kappa shape index (κ1) is 23.6. The van der Waals surface area contributed by atoms with Crippen LogP contribution in [0.3, 0.4) is 0 Å². The summed E-state index contributed by atoms with van der Waals surface area (Å²) < 4.78 is 19.4. The first-order chi connectivity index (χ1) is 15.5. The zero-order valence-corrected chi connectivity index (χ0v) is 19.9. The van der Waals surface area contributed by atoms with Crippen LogP contribution in [0, 0.1) is 0 Å². The van der Waals surface area contributed by atoms with E-state index in [-0.39, 0.29) is 11.4 Å². The number of carbonyl (C=O) groups excluding carboxylic acids is 1. The number of methoxy groups -OCH3 is 1. The number of pyridine rings is 1. The molecular weight excluding hydrogens is 404 g/mol. The highest BCUT2D eigenvalue weighted by molar-refractivity contribution is 5.97. The Balaban J connectivity index is 2.22. The molecule has 6 heteroatoms. The van der Waals surface area contributed by atoms with Crippen molar-refractivity contribution >= 4 is 16.9 Å². The summed E-state index contributed by atoms with van der Waals surface area (Å²) in [7, 11) is 3.40. The fourth-order valence-electron chi connectivity index (χ4n) is 3.75. The summed E-state index contributed by atoms with van der Waals surface area (Å²) in [5.41, 5.74) is 4.07. The highest BCUT2D eigenvalue weighted by Gasteiger charge is 2.28. The van der Waals surface area contributed by atoms with Gasteiger partial charge in [-0.05, 0) is 37.5 Å². The quantitative estimate of drug-likeness (QED) is 0.274. The number of rotatable bonds is 11. The largest absolute Gasteiger partial charge is 0.492 e. The zero-order chi connectivity index (χ0) is 23.1. The van der Waals surface area contributed by atoms with Gasteiger partial charge in [-0.15, -0.1) is 0 Å². The predicted molar refractivity (Wildman–Crippen MR) is 128 cm³/mol. The van der Waals surface area contributed by atoms with Crippen molar-refractivity contribution < 1.29 is 19.0 Å². The van der Waals surface area contributed by atoms with Crippen molar-refractivity contribution in [1.82, 2.24) is 9.55 Å². The van der Waals surface area contributed by atoms with Gasteiger partial charge in [0, 0.05) is 35.3 Å². The molecule has 0 spiro atoms. The third kappa shape index (κ3) is 4.90. The van der Waals surface area contributed by atoms with E-state index >= 15 is 0 Å². The third-order valence-corrected chi connectivity index (χ3v) is 5.60. The van der Waals surface area contributed by atoms with Gasteiger partial charge in [-0.2, -0.15) is 0 Å². The second-order valence-electron chi connectivity index (χ2n) is 7.90. The Morgan fingerprint density at radius 1 is 1.03 bits per heavy atom. The van der Waals surface area contributed by atoms with E-state index in [0.717, 1.165) is 53.4 Å². The summed E-state index contributed by atoms with van der Waals surface area (Å²) in [5, 5.41) is 1.13. The molecule has 0 amide bonds. The molecule has 0 saturated carbocycles. The van der Waals surface area contributed by atoms with Crippen LogP contribution in [0.25, 0.3) is 22.2 Å². The molecule has 0 N–H and O–H groups in total. The van der Waals surface area contributed by atoms with Crippen molar-refractivity contribution in [3.8, 4) is 22.9 Å². The van der Waals surface area contributed by atoms with Crippen molar-refractivity contribution in [3.63, 3.8) is 0 Å². The highest BCUT2D eigenvalue weighted by Crippen LogP contribution is 2.39. The molecule has 0 saturated heterocycles. The number of carbonyl (C=O) groups is 1. The number of benzene rings is 1. The minimum atomic E-state index is -0.491. The van der Waals surface area contributed by atoms with E-state index in [1.807, 2.05) is 20.2 Å². The molecule has 32 heavy (non-hydrogen) atoms. The van der Waals surface area contributed by atoms with Gasteiger partial charge in [-0.25, -0.2) is 9.78 Å². The Kier molecular flexibility index (Phi) is 8.14. The first-order valence-corrected chi connectivity index (χ1v) is 11.5. The van der Waals surface area contributed by atoms with Crippen molar-refractivity contribution in [2.75, 3.05) is 20.3 Å². The number of hydrogen-bond donors (Lipinski definition) is 0. The lowest BCUT2D eigenvalue weighted by Gasteiger charge is -2.20. The van der Waals surface area contributed by atoms with Crippen LogP contribution < -0.4 is 9.47 Å². The molecular formula is C26H34N2O4. The summed E-state index contributed by atoms with van der Waals surface area (Å²) in [6.45, 7) is 7.25. The molecule has 0 radical (unpaired) electrons. The summed E-state index contributed by atoms with van der Waals surface area (Å²) in [6, 6.07) is 8.37. The molecule has 3 rings (SSSR count). The Labute approximate surface area is 190 Å². The second-order valence-corrected chi connectivity index (χ2v) is 7.90. The minimum Gasteiger partial charge on any atom is -0.492 e. The highest BCUT2D eigenvalue weighted by atomic mass is 16.5. The number of esters is 1. The molecule has 6 nitrogen and oxygen atoms in total. The summed E-state index contributed by atoms with van der Waals surface area (Å²) in [6.07, 6.45) is 6.45. The van der Waals surface area contributed by atoms with E-state index in [0.29, 0.717) is 25.4 Å². The SMILES string of the molecule is CCCCOc1nc(-c2ccc3c(ccn3C)c2)c(CC)c(OCCCC)c1C(=O)OC. The van der Waals surface area contributed by atoms with Gasteiger partial charge in [-0.1, -0.05) is 39.7 Å². The summed E-state index contributed by atoms with van der Waals surface area (Å²) in [4.78, 5) is 17.6. The maximum absolute atomic E-state index is 12.8. The molecule has 0 unspecified atom stereocenters. The fraction of sp³-hybridized carbons (Fsp3) is 0.462. The van der Waals surface area contributed by atoms with Crippen molar-refractivity contribution in [3.05, 3.63) is 41.6 Å². The monoisotopic (exact) mass is 438 g/mol. The number of hydrogen-bond acceptors (Lipinski definition) is 5. The van der Waals surface area contributed by atoms with Crippen LogP contribution in [0.15, 0.2) is 30.5 Å². The van der Waals surface area contributed by atoms with Gasteiger partial charge in [0.25, 0.3) is 0 Å². The van der Waals surface area contributed by atoms with E-state index in [4.69, 9.17) is 19.2 Å². The lowest BCUT2D eigenvalue weighted by Crippen LogP contribution is -2.15. The van der Waals surface area contributed by atoms with E-state index in [2.05, 4.69) is 42.7 Å². The summed E-state index contributed by atoms with van der Waals surface area (Å²) >= 11 is 0. The Morgan fingerprint density at radius 3 is 2.41 bits per heavy atom. The standard InChI is InChI=1S/C26H34N2O4/c1-6-9-15-31-24-20(8-3)23(19-11-12-21-18(17-19)13-14-28(21)4)27-25(32-16-10-7-2)22(24)26(29)30-5/h11-14,17H,6-10,15-16H2,1-5H3. The van der Waals surface area contributed by atoms with Gasteiger partial charge in [0.15, 0.2) is 5.56 Å². The van der Waals surface area contributed by atoms with Crippen LogP contribution in [0.4, 0.5) is 0 Å². The molecule has 0 bridgehead atoms. The van der Waals surface area contributed by atoms with E-state index < -0.39 is 5.97 Å². The molecule has 3 aromatic rings. The Bertz CT molecular complexity index is 1070. The topological polar surface area (TPSA) is 62.6 Å². The average molecular weight is 439 g/mol. The maximum Gasteiger partial charge on any atom is 0.347 e. The van der Waals surface area contributed by atoms with Crippen LogP contribution in [0.5, 0.6) is 11.6 Å². The number of unbranched alkanes of at least 4 members (excludes halogenated alkanes) is 2. The van der Waals surface area contributed by atoms with Crippen molar-refractivity contribution in [2.45, 2.75) is 52.9 Å². The lowest BCUT2D eigenvalue weighted by molar-refractivity contribution is 0.0589. The molecule has 2 aromatic heterocycles. The van der Waals surface area contributed by atoms with Crippen molar-refractivity contribution in [2.24, 2.45) is 7.05 Å². The van der Waals surface area contributed by atoms with Crippen LogP contribution >= 0.6 is 0 Å². The van der Waals surface area contributed by atoms with Gasteiger partial charge in [0.1, 0.15) is 5.75 Å². The summed E-state index contributed by atoms with van der Waals surface area (Å²) in [5.74, 6) is 0.310. The van der Waals surface area contributed by atoms with Crippen molar-refractivity contribution in [1.29, 1.82) is 0 Å².